The topological polar surface area (TPSA) is 123 Å². The Bertz CT molecular complexity index is 1460. The van der Waals surface area contributed by atoms with E-state index in [1.54, 1.807) is 35.8 Å². The highest BCUT2D eigenvalue weighted by Crippen LogP contribution is 2.22. The van der Waals surface area contributed by atoms with Crippen LogP contribution in [0.15, 0.2) is 40.2 Å². The average Bonchev–Trinajstić information content (AvgIpc) is 3.37. The molecule has 9 nitrogen and oxygen atoms in total. The monoisotopic (exact) mass is 421 g/mol. The number of hydrogen-bond donors (Lipinski definition) is 4. The summed E-state index contributed by atoms with van der Waals surface area (Å²) < 4.78 is 15.2. The van der Waals surface area contributed by atoms with E-state index in [2.05, 4.69) is 25.4 Å². The second kappa shape index (κ2) is 7.38. The normalized spacial score (nSPS) is 15.2. The van der Waals surface area contributed by atoms with Crippen LogP contribution in [0.1, 0.15) is 29.7 Å². The summed E-state index contributed by atoms with van der Waals surface area (Å²) in [6.45, 7) is 2.19. The average molecular weight is 421 g/mol. The first-order valence-electron chi connectivity index (χ1n) is 9.91. The minimum absolute atomic E-state index is 0.237. The number of rotatable bonds is 5. The van der Waals surface area contributed by atoms with Gasteiger partial charge in [-0.05, 0) is 43.0 Å². The molecule has 10 heteroatoms. The van der Waals surface area contributed by atoms with Gasteiger partial charge in [-0.1, -0.05) is 12.1 Å². The highest BCUT2D eigenvalue weighted by atomic mass is 19.1. The number of H-pyrrole nitrogens is 2. The van der Waals surface area contributed by atoms with Crippen LogP contribution in [0.4, 0.5) is 10.2 Å². The van der Waals surface area contributed by atoms with Crippen LogP contribution in [0.5, 0.6) is 5.88 Å². The maximum absolute atomic E-state index is 13.5. The van der Waals surface area contributed by atoms with E-state index in [0.717, 1.165) is 18.4 Å². The van der Waals surface area contributed by atoms with Crippen LogP contribution in [-0.4, -0.2) is 35.7 Å². The van der Waals surface area contributed by atoms with Crippen molar-refractivity contribution in [1.29, 1.82) is 0 Å². The van der Waals surface area contributed by atoms with Gasteiger partial charge in [0, 0.05) is 17.8 Å². The molecular weight excluding hydrogens is 401 g/mol. The predicted molar refractivity (Wildman–Crippen MR) is 112 cm³/mol. The highest BCUT2D eigenvalue weighted by Gasteiger charge is 2.20. The zero-order valence-corrected chi connectivity index (χ0v) is 16.7. The first-order chi connectivity index (χ1) is 15.0. The van der Waals surface area contributed by atoms with Gasteiger partial charge in [0.15, 0.2) is 11.1 Å². The number of imidazole rings is 1. The minimum Gasteiger partial charge on any atom is -0.493 e. The molecule has 1 aliphatic rings. The van der Waals surface area contributed by atoms with Gasteiger partial charge in [0.25, 0.3) is 0 Å². The summed E-state index contributed by atoms with van der Waals surface area (Å²) in [7, 11) is 0. The minimum atomic E-state index is -0.505. The van der Waals surface area contributed by atoms with Gasteiger partial charge in [-0.3, -0.25) is 9.98 Å². The van der Waals surface area contributed by atoms with Crippen LogP contribution < -0.4 is 21.7 Å². The fourth-order valence-corrected chi connectivity index (χ4v) is 3.30. The van der Waals surface area contributed by atoms with E-state index < -0.39 is 5.69 Å². The number of fused-ring (bicyclic) bond motifs is 1. The molecule has 0 bridgehead atoms. The highest BCUT2D eigenvalue weighted by molar-refractivity contribution is 5.58. The number of nitrogens with one attached hydrogen (secondary N) is 3. The van der Waals surface area contributed by atoms with Crippen molar-refractivity contribution in [3.63, 3.8) is 0 Å². The molecule has 0 unspecified atom stereocenters. The van der Waals surface area contributed by atoms with Gasteiger partial charge < -0.3 is 15.4 Å². The van der Waals surface area contributed by atoms with Gasteiger partial charge in [0.2, 0.25) is 5.88 Å². The van der Waals surface area contributed by atoms with Crippen LogP contribution in [0.25, 0.3) is 11.7 Å². The number of aromatic amines is 2. The molecule has 0 spiro atoms. The number of halogens is 1. The Hall–Kier alpha value is -3.95. The summed E-state index contributed by atoms with van der Waals surface area (Å²) >= 11 is 0. The fourth-order valence-electron chi connectivity index (χ4n) is 3.30. The molecule has 31 heavy (non-hydrogen) atoms. The van der Waals surface area contributed by atoms with Crippen LogP contribution in [-0.2, 0) is 6.54 Å². The predicted octanol–water partition coefficient (Wildman–Crippen LogP) is 1.12. The molecule has 1 aromatic carbocycles. The first kappa shape index (κ1) is 19.0. The van der Waals surface area contributed by atoms with E-state index in [-0.39, 0.29) is 23.4 Å². The van der Waals surface area contributed by atoms with E-state index in [1.165, 1.54) is 6.07 Å². The summed E-state index contributed by atoms with van der Waals surface area (Å²) in [6, 6.07) is 7.07. The van der Waals surface area contributed by atoms with Crippen molar-refractivity contribution in [2.24, 2.45) is 4.99 Å². The van der Waals surface area contributed by atoms with Gasteiger partial charge in [0.05, 0.1) is 12.2 Å². The third-order valence-corrected chi connectivity index (χ3v) is 5.07. The number of aryl methyl sites for hydroxylation is 1. The van der Waals surface area contributed by atoms with Gasteiger partial charge in [-0.25, -0.2) is 14.2 Å². The maximum atomic E-state index is 13.5. The number of anilines is 1. The fraction of sp³-hybridized carbons (Fsp3) is 0.238. The maximum Gasteiger partial charge on any atom is 0.326 e. The Balaban J connectivity index is 1.57. The Labute approximate surface area is 175 Å². The Morgan fingerprint density at radius 3 is 2.90 bits per heavy atom. The van der Waals surface area contributed by atoms with Crippen molar-refractivity contribution >= 4 is 17.5 Å². The zero-order valence-electron chi connectivity index (χ0n) is 16.7. The molecule has 5 rings (SSSR count). The molecule has 1 fully saturated rings. The number of hydrogen-bond acceptors (Lipinski definition) is 6. The quantitative estimate of drug-likeness (QED) is 0.385. The number of aromatic nitrogens is 5. The molecule has 0 radical (unpaired) electrons. The lowest BCUT2D eigenvalue weighted by Gasteiger charge is -2.08. The van der Waals surface area contributed by atoms with Crippen molar-refractivity contribution in [2.75, 3.05) is 5.32 Å². The summed E-state index contributed by atoms with van der Waals surface area (Å²) in [5.74, 6) is 0.100. The number of aromatic hydroxyl groups is 1. The third kappa shape index (κ3) is 3.91. The van der Waals surface area contributed by atoms with Crippen molar-refractivity contribution < 1.29 is 9.50 Å². The summed E-state index contributed by atoms with van der Waals surface area (Å²) in [5.41, 5.74) is 2.44. The Morgan fingerprint density at radius 2 is 2.19 bits per heavy atom. The van der Waals surface area contributed by atoms with Crippen LogP contribution in [0.3, 0.4) is 0 Å². The van der Waals surface area contributed by atoms with Crippen molar-refractivity contribution in [3.8, 4) is 5.88 Å². The summed E-state index contributed by atoms with van der Waals surface area (Å²) in [6.07, 6.45) is 5.28. The van der Waals surface area contributed by atoms with Crippen molar-refractivity contribution in [3.05, 3.63) is 74.3 Å². The lowest BCUT2D eigenvalue weighted by atomic mass is 10.1. The first-order valence-corrected chi connectivity index (χ1v) is 9.91. The molecule has 0 aliphatic heterocycles. The molecule has 0 saturated heterocycles. The van der Waals surface area contributed by atoms with Crippen molar-refractivity contribution in [1.82, 2.24) is 24.6 Å². The lowest BCUT2D eigenvalue weighted by molar-refractivity contribution is 0.454. The third-order valence-electron chi connectivity index (χ3n) is 5.07. The molecule has 0 atom stereocenters. The standard InChI is InChI=1S/C21H20FN7O2/c1-11-6-12(2-5-15(11)22)9-23-17-8-18(25-14-3-4-14)29-19(27-17)13(10-24-29)7-16-20(30)28-21(31)26-16/h2,5-8,10,14,23,30H,3-4,9H2,1H3,(H2,26,28,31). The van der Waals surface area contributed by atoms with E-state index in [1.807, 2.05) is 6.07 Å². The molecule has 3 aromatic heterocycles. The lowest BCUT2D eigenvalue weighted by Crippen LogP contribution is -2.20. The molecule has 158 valence electrons. The van der Waals surface area contributed by atoms with E-state index in [4.69, 9.17) is 4.99 Å². The molecular formula is C21H20FN7O2. The Kier molecular flexibility index (Phi) is 4.54. The van der Waals surface area contributed by atoms with Crippen molar-refractivity contribution in [2.45, 2.75) is 32.4 Å². The smallest absolute Gasteiger partial charge is 0.326 e. The van der Waals surface area contributed by atoms with Crippen LogP contribution in [0.2, 0.25) is 0 Å². The van der Waals surface area contributed by atoms with Gasteiger partial charge >= 0.3 is 5.69 Å². The Morgan fingerprint density at radius 1 is 1.35 bits per heavy atom. The summed E-state index contributed by atoms with van der Waals surface area (Å²) in [5, 5.41) is 18.1. The number of nitrogens with zero attached hydrogens (tertiary/aromatic N) is 4. The molecule has 3 heterocycles. The van der Waals surface area contributed by atoms with Crippen LogP contribution in [0, 0.1) is 12.7 Å². The van der Waals surface area contributed by atoms with Crippen LogP contribution >= 0.6 is 0 Å². The summed E-state index contributed by atoms with van der Waals surface area (Å²) in [4.78, 5) is 25.6. The molecule has 0 amide bonds. The van der Waals surface area contributed by atoms with E-state index in [9.17, 15) is 14.3 Å². The molecule has 4 aromatic rings. The van der Waals surface area contributed by atoms with Gasteiger partial charge in [0.1, 0.15) is 17.3 Å². The van der Waals surface area contributed by atoms with E-state index in [0.29, 0.717) is 34.3 Å². The van der Waals surface area contributed by atoms with E-state index >= 15 is 0 Å². The second-order valence-electron chi connectivity index (χ2n) is 7.62. The number of benzene rings is 1. The largest absolute Gasteiger partial charge is 0.493 e. The van der Waals surface area contributed by atoms with Gasteiger partial charge in [-0.15, -0.1) is 0 Å². The SMILES string of the molecule is Cc1cc(CNc2cc(=NC3CC3)n3ncc(=Cc4[nH]c(=O)[nH]c4O)c3n2)ccc1F. The molecule has 4 N–H and O–H groups in total. The molecule has 1 aliphatic carbocycles. The zero-order chi connectivity index (χ0) is 21.5. The van der Waals surface area contributed by atoms with Gasteiger partial charge in [-0.2, -0.15) is 9.61 Å². The second-order valence-corrected chi connectivity index (χ2v) is 7.62. The molecule has 1 saturated carbocycles.